The molecule has 1 N–H and O–H groups in total. The summed E-state index contributed by atoms with van der Waals surface area (Å²) in [5.41, 5.74) is 0. The van der Waals surface area contributed by atoms with Crippen molar-refractivity contribution < 1.29 is 14.6 Å². The summed E-state index contributed by atoms with van der Waals surface area (Å²) in [7, 11) is 0. The minimum absolute atomic E-state index is 0. The molecule has 0 aromatic heterocycles. The summed E-state index contributed by atoms with van der Waals surface area (Å²) in [6.45, 7) is 3.60. The second-order valence-electron chi connectivity index (χ2n) is 4.45. The van der Waals surface area contributed by atoms with Gasteiger partial charge in [0, 0.05) is 42.4 Å². The molecule has 0 bridgehead atoms. The molecule has 0 heterocycles. The number of carbonyl (C=O) groups is 1. The molecule has 0 aromatic rings. The van der Waals surface area contributed by atoms with Crippen LogP contribution >= 0.6 is 0 Å². The molecule has 89 valence electrons. The summed E-state index contributed by atoms with van der Waals surface area (Å²) in [6.07, 6.45) is 5.74. The molecule has 3 nitrogen and oxygen atoms in total. The van der Waals surface area contributed by atoms with E-state index in [2.05, 4.69) is 6.92 Å². The van der Waals surface area contributed by atoms with Crippen LogP contribution in [0.4, 0.5) is 0 Å². The molecule has 3 unspecified atom stereocenters. The Balaban J connectivity index is 0.00000225. The fourth-order valence-corrected chi connectivity index (χ4v) is 2.38. The van der Waals surface area contributed by atoms with Crippen LogP contribution in [0.2, 0.25) is 0 Å². The van der Waals surface area contributed by atoms with Crippen molar-refractivity contribution in [1.29, 1.82) is 0 Å². The van der Waals surface area contributed by atoms with Crippen molar-refractivity contribution >= 4 is 35.5 Å². The Morgan fingerprint density at radius 1 is 1.38 bits per heavy atom. The van der Waals surface area contributed by atoms with E-state index in [0.29, 0.717) is 0 Å². The number of hydrogen-bond donors (Lipinski definition) is 1. The van der Waals surface area contributed by atoms with Gasteiger partial charge < -0.3 is 9.84 Å². The molecule has 0 saturated heterocycles. The molecule has 0 aliphatic heterocycles. The van der Waals surface area contributed by atoms with Crippen LogP contribution in [0.1, 0.15) is 52.4 Å². The molecule has 0 spiro atoms. The normalized spacial score (nSPS) is 28.6. The Morgan fingerprint density at radius 3 is 2.62 bits per heavy atom. The maximum atomic E-state index is 10.9. The van der Waals surface area contributed by atoms with E-state index < -0.39 is 0 Å². The minimum Gasteiger partial charge on any atom is -0.462 e. The molecule has 1 saturated carbocycles. The van der Waals surface area contributed by atoms with Crippen LogP contribution in [0.3, 0.4) is 0 Å². The van der Waals surface area contributed by atoms with Crippen molar-refractivity contribution in [2.24, 2.45) is 5.92 Å². The second-order valence-corrected chi connectivity index (χ2v) is 4.45. The van der Waals surface area contributed by atoms with E-state index in [0.717, 1.165) is 25.7 Å². The molecule has 1 fully saturated rings. The van der Waals surface area contributed by atoms with Gasteiger partial charge in [-0.1, -0.05) is 26.2 Å². The van der Waals surface area contributed by atoms with Crippen LogP contribution in [0.25, 0.3) is 0 Å². The van der Waals surface area contributed by atoms with Crippen LogP contribution in [-0.2, 0) is 9.53 Å². The summed E-state index contributed by atoms with van der Waals surface area (Å²) >= 11 is 0. The standard InChI is InChI=1S/C12H22O3.Na/c1-3-4-5-6-10-11(14)7-8-12(10)15-9(2)13;/h10-12,14H,3-8H2,1-2H3;. The summed E-state index contributed by atoms with van der Waals surface area (Å²) < 4.78 is 5.23. The van der Waals surface area contributed by atoms with Crippen molar-refractivity contribution in [2.75, 3.05) is 0 Å². The maximum Gasteiger partial charge on any atom is 0.302 e. The summed E-state index contributed by atoms with van der Waals surface area (Å²) in [4.78, 5) is 10.9. The van der Waals surface area contributed by atoms with E-state index in [-0.39, 0.29) is 53.7 Å². The average Bonchev–Trinajstić information content (AvgIpc) is 2.49. The second kappa shape index (κ2) is 8.51. The van der Waals surface area contributed by atoms with Gasteiger partial charge in [0.2, 0.25) is 0 Å². The molecule has 0 amide bonds. The average molecular weight is 237 g/mol. The van der Waals surface area contributed by atoms with E-state index in [9.17, 15) is 9.90 Å². The van der Waals surface area contributed by atoms with Gasteiger partial charge in [-0.2, -0.15) is 0 Å². The largest absolute Gasteiger partial charge is 0.462 e. The van der Waals surface area contributed by atoms with Crippen LogP contribution in [0.5, 0.6) is 0 Å². The van der Waals surface area contributed by atoms with E-state index in [1.54, 1.807) is 0 Å². The quantitative estimate of drug-likeness (QED) is 0.451. The number of carbonyl (C=O) groups excluding carboxylic acids is 1. The SMILES string of the molecule is CCCCCC1C(O)CCC1OC(C)=O.[Na]. The molecule has 3 atom stereocenters. The molecule has 1 radical (unpaired) electrons. The smallest absolute Gasteiger partial charge is 0.302 e. The fraction of sp³-hybridized carbons (Fsp3) is 0.917. The van der Waals surface area contributed by atoms with Crippen molar-refractivity contribution in [2.45, 2.75) is 64.6 Å². The number of ether oxygens (including phenoxy) is 1. The Kier molecular flexibility index (Phi) is 8.74. The summed E-state index contributed by atoms with van der Waals surface area (Å²) in [6, 6.07) is 0. The van der Waals surface area contributed by atoms with Gasteiger partial charge >= 0.3 is 5.97 Å². The zero-order valence-corrected chi connectivity index (χ0v) is 12.7. The topological polar surface area (TPSA) is 46.5 Å². The molecule has 1 rings (SSSR count). The molecule has 16 heavy (non-hydrogen) atoms. The molecular formula is C12H22NaO3. The fourth-order valence-electron chi connectivity index (χ4n) is 2.38. The predicted octanol–water partition coefficient (Wildman–Crippen LogP) is 1.89. The molecule has 1 aliphatic carbocycles. The monoisotopic (exact) mass is 237 g/mol. The van der Waals surface area contributed by atoms with Gasteiger partial charge in [-0.3, -0.25) is 4.79 Å². The van der Waals surface area contributed by atoms with E-state index in [1.165, 1.54) is 19.8 Å². The summed E-state index contributed by atoms with van der Waals surface area (Å²) in [5.74, 6) is -0.0601. The Bertz CT molecular complexity index is 208. The minimum atomic E-state index is -0.272. The number of aliphatic hydroxyl groups excluding tert-OH is 1. The zero-order valence-electron chi connectivity index (χ0n) is 10.7. The van der Waals surface area contributed by atoms with E-state index >= 15 is 0 Å². The molecule has 1 aliphatic rings. The first-order valence-corrected chi connectivity index (χ1v) is 6.00. The molecule has 4 heteroatoms. The first kappa shape index (κ1) is 16.4. The first-order chi connectivity index (χ1) is 7.15. The van der Waals surface area contributed by atoms with Crippen LogP contribution in [0.15, 0.2) is 0 Å². The van der Waals surface area contributed by atoms with Gasteiger partial charge in [-0.25, -0.2) is 0 Å². The number of esters is 1. The van der Waals surface area contributed by atoms with Gasteiger partial charge in [0.1, 0.15) is 6.10 Å². The van der Waals surface area contributed by atoms with Crippen molar-refractivity contribution in [1.82, 2.24) is 0 Å². The maximum absolute atomic E-state index is 10.9. The third kappa shape index (κ3) is 5.17. The van der Waals surface area contributed by atoms with E-state index in [4.69, 9.17) is 4.74 Å². The number of aliphatic hydroxyl groups is 1. The van der Waals surface area contributed by atoms with Crippen molar-refractivity contribution in [3.8, 4) is 0 Å². The molecule has 0 aromatic carbocycles. The van der Waals surface area contributed by atoms with Crippen molar-refractivity contribution in [3.05, 3.63) is 0 Å². The summed E-state index contributed by atoms with van der Waals surface area (Å²) in [5, 5.41) is 9.78. The third-order valence-electron chi connectivity index (χ3n) is 3.18. The van der Waals surface area contributed by atoms with Crippen LogP contribution in [0, 0.1) is 5.92 Å². The van der Waals surface area contributed by atoms with Gasteiger partial charge in [-0.05, 0) is 19.3 Å². The number of unbranched alkanes of at least 4 members (excludes halogenated alkanes) is 2. The Labute approximate surface area is 120 Å². The number of rotatable bonds is 5. The van der Waals surface area contributed by atoms with Crippen LogP contribution < -0.4 is 0 Å². The predicted molar refractivity (Wildman–Crippen MR) is 64.2 cm³/mol. The van der Waals surface area contributed by atoms with Crippen molar-refractivity contribution in [3.63, 3.8) is 0 Å². The van der Waals surface area contributed by atoms with E-state index in [1.807, 2.05) is 0 Å². The van der Waals surface area contributed by atoms with Gasteiger partial charge in [0.25, 0.3) is 0 Å². The third-order valence-corrected chi connectivity index (χ3v) is 3.18. The Hall–Kier alpha value is 0.430. The molecular weight excluding hydrogens is 215 g/mol. The van der Waals surface area contributed by atoms with Gasteiger partial charge in [0.15, 0.2) is 0 Å². The number of hydrogen-bond acceptors (Lipinski definition) is 3. The Morgan fingerprint density at radius 2 is 2.06 bits per heavy atom. The van der Waals surface area contributed by atoms with Gasteiger partial charge in [-0.15, -0.1) is 0 Å². The van der Waals surface area contributed by atoms with Crippen LogP contribution in [-0.4, -0.2) is 52.8 Å². The first-order valence-electron chi connectivity index (χ1n) is 6.00. The van der Waals surface area contributed by atoms with Gasteiger partial charge in [0.05, 0.1) is 6.10 Å². The zero-order chi connectivity index (χ0) is 11.3.